The van der Waals surface area contributed by atoms with Crippen molar-refractivity contribution >= 4 is 23.0 Å². The number of nitrogens with one attached hydrogen (secondary N) is 1. The number of hydrogen-bond donors (Lipinski definition) is 1. The Morgan fingerprint density at radius 2 is 1.48 bits per heavy atom. The van der Waals surface area contributed by atoms with Crippen molar-refractivity contribution in [3.05, 3.63) is 84.2 Å². The van der Waals surface area contributed by atoms with E-state index in [1.54, 1.807) is 36.5 Å². The summed E-state index contributed by atoms with van der Waals surface area (Å²) in [6.07, 6.45) is 1.63. The van der Waals surface area contributed by atoms with Crippen LogP contribution in [-0.2, 0) is 0 Å². The van der Waals surface area contributed by atoms with Gasteiger partial charge < -0.3 is 15.1 Å². The van der Waals surface area contributed by atoms with Crippen molar-refractivity contribution in [3.8, 4) is 0 Å². The van der Waals surface area contributed by atoms with E-state index >= 15 is 0 Å². The van der Waals surface area contributed by atoms with E-state index in [1.807, 2.05) is 17.0 Å². The minimum atomic E-state index is -0.495. The fourth-order valence-corrected chi connectivity index (χ4v) is 3.37. The zero-order valence-electron chi connectivity index (χ0n) is 15.7. The highest BCUT2D eigenvalue weighted by Gasteiger charge is 2.20. The van der Waals surface area contributed by atoms with Crippen LogP contribution in [0.5, 0.6) is 0 Å². The maximum Gasteiger partial charge on any atom is 0.274 e. The monoisotopic (exact) mass is 394 g/mol. The molecule has 7 heteroatoms. The van der Waals surface area contributed by atoms with Gasteiger partial charge in [0.2, 0.25) is 0 Å². The second-order valence-corrected chi connectivity index (χ2v) is 6.76. The smallest absolute Gasteiger partial charge is 0.274 e. The first-order valence-corrected chi connectivity index (χ1v) is 9.38. The molecule has 1 aromatic heterocycles. The van der Waals surface area contributed by atoms with E-state index in [0.717, 1.165) is 18.8 Å². The molecule has 1 N–H and O–H groups in total. The van der Waals surface area contributed by atoms with Gasteiger partial charge in [-0.05, 0) is 36.4 Å². The maximum atomic E-state index is 14.0. The van der Waals surface area contributed by atoms with Crippen LogP contribution >= 0.6 is 0 Å². The molecule has 1 saturated heterocycles. The highest BCUT2D eigenvalue weighted by Crippen LogP contribution is 2.23. The fourth-order valence-electron chi connectivity index (χ4n) is 3.37. The summed E-state index contributed by atoms with van der Waals surface area (Å²) in [6.45, 7) is 2.82. The van der Waals surface area contributed by atoms with Gasteiger partial charge in [-0.2, -0.15) is 0 Å². The van der Waals surface area contributed by atoms with Gasteiger partial charge in [0.05, 0.1) is 23.3 Å². The number of piperazine rings is 1. The van der Waals surface area contributed by atoms with Gasteiger partial charge in [-0.15, -0.1) is 0 Å². The predicted molar refractivity (Wildman–Crippen MR) is 109 cm³/mol. The Bertz CT molecular complexity index is 1000. The summed E-state index contributed by atoms with van der Waals surface area (Å²) < 4.78 is 27.7. The molecule has 0 saturated carbocycles. The van der Waals surface area contributed by atoms with Crippen LogP contribution in [0.15, 0.2) is 66.9 Å². The quantitative estimate of drug-likeness (QED) is 0.728. The van der Waals surface area contributed by atoms with E-state index < -0.39 is 11.7 Å². The average Bonchev–Trinajstić information content (AvgIpc) is 2.76. The van der Waals surface area contributed by atoms with Crippen molar-refractivity contribution in [2.75, 3.05) is 41.3 Å². The highest BCUT2D eigenvalue weighted by atomic mass is 19.1. The van der Waals surface area contributed by atoms with E-state index in [2.05, 4.69) is 15.2 Å². The Balaban J connectivity index is 1.38. The molecule has 0 spiro atoms. The van der Waals surface area contributed by atoms with Gasteiger partial charge in [0.15, 0.2) is 0 Å². The van der Waals surface area contributed by atoms with Crippen LogP contribution in [-0.4, -0.2) is 37.1 Å². The lowest BCUT2D eigenvalue weighted by molar-refractivity contribution is 0.102. The molecule has 2 heterocycles. The largest absolute Gasteiger partial charge is 0.367 e. The highest BCUT2D eigenvalue weighted by molar-refractivity contribution is 6.03. The Kier molecular flexibility index (Phi) is 5.37. The molecule has 2 aromatic carbocycles. The molecule has 1 amide bonds. The van der Waals surface area contributed by atoms with E-state index in [-0.39, 0.29) is 17.2 Å². The molecule has 1 aliphatic heterocycles. The van der Waals surface area contributed by atoms with Crippen LogP contribution < -0.4 is 15.1 Å². The average molecular weight is 394 g/mol. The lowest BCUT2D eigenvalue weighted by Crippen LogP contribution is -2.46. The Morgan fingerprint density at radius 3 is 2.14 bits per heavy atom. The second-order valence-electron chi connectivity index (χ2n) is 6.76. The number of carbonyl (C=O) groups excluding carboxylic acids is 1. The molecule has 148 valence electrons. The second kappa shape index (κ2) is 8.26. The third kappa shape index (κ3) is 4.18. The molecule has 1 aliphatic rings. The van der Waals surface area contributed by atoms with Crippen molar-refractivity contribution in [1.29, 1.82) is 0 Å². The van der Waals surface area contributed by atoms with E-state index in [1.165, 1.54) is 18.2 Å². The van der Waals surface area contributed by atoms with Crippen molar-refractivity contribution < 1.29 is 13.6 Å². The molecule has 0 atom stereocenters. The van der Waals surface area contributed by atoms with Crippen molar-refractivity contribution in [2.24, 2.45) is 0 Å². The van der Waals surface area contributed by atoms with Gasteiger partial charge in [-0.25, -0.2) is 13.8 Å². The van der Waals surface area contributed by atoms with Crippen LogP contribution in [0, 0.1) is 11.6 Å². The van der Waals surface area contributed by atoms with E-state index in [0.29, 0.717) is 18.8 Å². The first-order valence-electron chi connectivity index (χ1n) is 9.38. The molecule has 3 aromatic rings. The lowest BCUT2D eigenvalue weighted by atomic mass is 10.2. The number of para-hydroxylation sites is 2. The van der Waals surface area contributed by atoms with Gasteiger partial charge in [0.25, 0.3) is 5.91 Å². The number of carbonyl (C=O) groups is 1. The molecule has 5 nitrogen and oxygen atoms in total. The van der Waals surface area contributed by atoms with Crippen LogP contribution in [0.1, 0.15) is 10.5 Å². The lowest BCUT2D eigenvalue weighted by Gasteiger charge is -2.37. The van der Waals surface area contributed by atoms with Crippen LogP contribution in [0.25, 0.3) is 0 Å². The minimum Gasteiger partial charge on any atom is -0.367 e. The summed E-state index contributed by atoms with van der Waals surface area (Å²) in [5, 5.41) is 2.52. The molecular weight excluding hydrogens is 374 g/mol. The summed E-state index contributed by atoms with van der Waals surface area (Å²) >= 11 is 0. The first kappa shape index (κ1) is 18.9. The Labute approximate surface area is 167 Å². The van der Waals surface area contributed by atoms with Crippen LogP contribution in [0.3, 0.4) is 0 Å². The minimum absolute atomic E-state index is 0.118. The first-order chi connectivity index (χ1) is 14.1. The molecule has 0 radical (unpaired) electrons. The van der Waals surface area contributed by atoms with Crippen molar-refractivity contribution in [1.82, 2.24) is 4.98 Å². The molecule has 29 heavy (non-hydrogen) atoms. The standard InChI is InChI=1S/C22H20F2N4O/c23-17-5-1-3-7-19(17)26-22(29)20-10-9-16(15-25-20)27-11-13-28(14-12-27)21-8-4-2-6-18(21)24/h1-10,15H,11-14H2,(H,26,29). The van der Waals surface area contributed by atoms with Gasteiger partial charge in [0.1, 0.15) is 17.3 Å². The van der Waals surface area contributed by atoms with E-state index in [4.69, 9.17) is 0 Å². The summed E-state index contributed by atoms with van der Waals surface area (Å²) in [4.78, 5) is 20.7. The number of rotatable bonds is 4. The zero-order chi connectivity index (χ0) is 20.2. The third-order valence-corrected chi connectivity index (χ3v) is 4.94. The van der Waals surface area contributed by atoms with Gasteiger partial charge in [-0.1, -0.05) is 24.3 Å². The zero-order valence-corrected chi connectivity index (χ0v) is 15.7. The number of nitrogens with zero attached hydrogens (tertiary/aromatic N) is 3. The topological polar surface area (TPSA) is 48.5 Å². The van der Waals surface area contributed by atoms with Gasteiger partial charge >= 0.3 is 0 Å². The number of benzene rings is 2. The number of hydrogen-bond acceptors (Lipinski definition) is 4. The number of aromatic nitrogens is 1. The van der Waals surface area contributed by atoms with Crippen LogP contribution in [0.4, 0.5) is 25.8 Å². The van der Waals surface area contributed by atoms with Crippen molar-refractivity contribution in [2.45, 2.75) is 0 Å². The third-order valence-electron chi connectivity index (χ3n) is 4.94. The normalized spacial score (nSPS) is 14.0. The Hall–Kier alpha value is -3.48. The van der Waals surface area contributed by atoms with Gasteiger partial charge in [0, 0.05) is 26.2 Å². The summed E-state index contributed by atoms with van der Waals surface area (Å²) in [6, 6.07) is 16.2. The summed E-state index contributed by atoms with van der Waals surface area (Å²) in [5.74, 6) is -1.18. The summed E-state index contributed by atoms with van der Waals surface area (Å²) in [7, 11) is 0. The molecule has 4 rings (SSSR count). The number of halogens is 2. The van der Waals surface area contributed by atoms with Crippen molar-refractivity contribution in [3.63, 3.8) is 0 Å². The van der Waals surface area contributed by atoms with Gasteiger partial charge in [-0.3, -0.25) is 4.79 Å². The number of pyridine rings is 1. The molecule has 0 unspecified atom stereocenters. The molecule has 0 aliphatic carbocycles. The number of amides is 1. The predicted octanol–water partition coefficient (Wildman–Crippen LogP) is 3.94. The molecule has 0 bridgehead atoms. The molecule has 1 fully saturated rings. The van der Waals surface area contributed by atoms with E-state index in [9.17, 15) is 13.6 Å². The fraction of sp³-hybridized carbons (Fsp3) is 0.182. The summed E-state index contributed by atoms with van der Waals surface area (Å²) in [5.41, 5.74) is 1.83. The SMILES string of the molecule is O=C(Nc1ccccc1F)c1ccc(N2CCN(c3ccccc3F)CC2)cn1. The Morgan fingerprint density at radius 1 is 0.828 bits per heavy atom. The molecular formula is C22H20F2N4O. The maximum absolute atomic E-state index is 14.0. The number of anilines is 3. The van der Waals surface area contributed by atoms with Crippen LogP contribution in [0.2, 0.25) is 0 Å².